The zero-order valence-electron chi connectivity index (χ0n) is 18.5. The van der Waals surface area contributed by atoms with Crippen molar-refractivity contribution in [1.82, 2.24) is 14.8 Å². The Hall–Kier alpha value is -3.46. The van der Waals surface area contributed by atoms with Gasteiger partial charge in [-0.1, -0.05) is 62.0 Å². The van der Waals surface area contributed by atoms with Gasteiger partial charge in [-0.25, -0.2) is 4.39 Å². The number of hydrogen-bond donors (Lipinski definition) is 2. The van der Waals surface area contributed by atoms with Crippen LogP contribution in [0.25, 0.3) is 0 Å². The number of benzene rings is 2. The van der Waals surface area contributed by atoms with Crippen LogP contribution in [0.5, 0.6) is 0 Å². The molecule has 172 valence electrons. The first-order valence-corrected chi connectivity index (χ1v) is 11.5. The smallest absolute Gasteiger partial charge is 0.234 e. The van der Waals surface area contributed by atoms with Crippen LogP contribution in [0.3, 0.4) is 0 Å². The van der Waals surface area contributed by atoms with Crippen molar-refractivity contribution < 1.29 is 14.0 Å². The Morgan fingerprint density at radius 1 is 1.06 bits per heavy atom. The van der Waals surface area contributed by atoms with Crippen LogP contribution in [0, 0.1) is 5.82 Å². The van der Waals surface area contributed by atoms with Gasteiger partial charge >= 0.3 is 0 Å². The second-order valence-electron chi connectivity index (χ2n) is 7.58. The molecule has 2 amide bonds. The number of carbonyl (C=O) groups is 2. The Balaban J connectivity index is 1.64. The van der Waals surface area contributed by atoms with Crippen LogP contribution in [-0.4, -0.2) is 32.3 Å². The lowest BCUT2D eigenvalue weighted by Gasteiger charge is -2.13. The number of rotatable bonds is 10. The van der Waals surface area contributed by atoms with Crippen molar-refractivity contribution in [3.63, 3.8) is 0 Å². The van der Waals surface area contributed by atoms with E-state index < -0.39 is 11.7 Å². The van der Waals surface area contributed by atoms with Gasteiger partial charge in [-0.3, -0.25) is 9.59 Å². The van der Waals surface area contributed by atoms with Crippen molar-refractivity contribution in [2.45, 2.75) is 37.9 Å². The molecule has 3 rings (SSSR count). The number of amides is 2. The zero-order chi connectivity index (χ0) is 23.8. The minimum absolute atomic E-state index is 0.0936. The third-order valence-electron chi connectivity index (χ3n) is 4.76. The molecule has 2 aromatic carbocycles. The van der Waals surface area contributed by atoms with E-state index in [4.69, 9.17) is 0 Å². The average Bonchev–Trinajstić information content (AvgIpc) is 3.15. The second-order valence-corrected chi connectivity index (χ2v) is 8.52. The number of nitrogens with zero attached hydrogens (tertiary/aromatic N) is 3. The molecule has 1 heterocycles. The van der Waals surface area contributed by atoms with Gasteiger partial charge in [0.15, 0.2) is 5.16 Å². The summed E-state index contributed by atoms with van der Waals surface area (Å²) in [7, 11) is 0. The van der Waals surface area contributed by atoms with E-state index in [1.54, 1.807) is 22.8 Å². The number of aromatic nitrogens is 3. The second kappa shape index (κ2) is 11.4. The molecule has 0 saturated heterocycles. The molecule has 0 fully saturated rings. The maximum Gasteiger partial charge on any atom is 0.234 e. The van der Waals surface area contributed by atoms with E-state index in [0.29, 0.717) is 17.5 Å². The van der Waals surface area contributed by atoms with E-state index in [0.717, 1.165) is 11.3 Å². The monoisotopic (exact) mass is 467 g/mol. The average molecular weight is 468 g/mol. The highest BCUT2D eigenvalue weighted by molar-refractivity contribution is 7.99. The Morgan fingerprint density at radius 3 is 2.42 bits per heavy atom. The first-order valence-electron chi connectivity index (χ1n) is 10.5. The van der Waals surface area contributed by atoms with E-state index in [2.05, 4.69) is 41.3 Å². The van der Waals surface area contributed by atoms with Crippen LogP contribution in [-0.2, 0) is 22.6 Å². The molecular formula is C24H26FN5O2S. The van der Waals surface area contributed by atoms with Crippen molar-refractivity contribution in [2.75, 3.05) is 16.4 Å². The highest BCUT2D eigenvalue weighted by Gasteiger charge is 2.17. The van der Waals surface area contributed by atoms with Crippen LogP contribution in [0.15, 0.2) is 66.3 Å². The van der Waals surface area contributed by atoms with Gasteiger partial charge in [-0.15, -0.1) is 16.8 Å². The highest BCUT2D eigenvalue weighted by Crippen LogP contribution is 2.24. The van der Waals surface area contributed by atoms with Gasteiger partial charge in [0.05, 0.1) is 17.9 Å². The van der Waals surface area contributed by atoms with E-state index in [1.807, 2.05) is 24.3 Å². The summed E-state index contributed by atoms with van der Waals surface area (Å²) in [5.41, 5.74) is 1.95. The summed E-state index contributed by atoms with van der Waals surface area (Å²) in [5, 5.41) is 14.2. The fourth-order valence-electron chi connectivity index (χ4n) is 3.20. The van der Waals surface area contributed by atoms with Gasteiger partial charge < -0.3 is 15.2 Å². The van der Waals surface area contributed by atoms with E-state index in [9.17, 15) is 14.0 Å². The molecule has 9 heteroatoms. The minimum atomic E-state index is -0.514. The number of hydrogen-bond acceptors (Lipinski definition) is 5. The number of para-hydroxylation sites is 2. The van der Waals surface area contributed by atoms with Gasteiger partial charge in [-0.05, 0) is 29.7 Å². The Kier molecular flexibility index (Phi) is 8.37. The SMILES string of the molecule is C=CCn1c(CC(=O)Nc2ccccc2F)nnc1SCC(=O)Nc1ccccc1C(C)C. The number of allylic oxidation sites excluding steroid dienone is 1. The first kappa shape index (κ1) is 24.2. The summed E-state index contributed by atoms with van der Waals surface area (Å²) in [6.45, 7) is 8.25. The molecule has 0 aliphatic heterocycles. The fraction of sp³-hybridized carbons (Fsp3) is 0.250. The molecule has 7 nitrogen and oxygen atoms in total. The van der Waals surface area contributed by atoms with Crippen LogP contribution in [0.1, 0.15) is 31.2 Å². The van der Waals surface area contributed by atoms with E-state index in [1.165, 1.54) is 23.9 Å². The topological polar surface area (TPSA) is 88.9 Å². The lowest BCUT2D eigenvalue weighted by atomic mass is 10.0. The van der Waals surface area contributed by atoms with Gasteiger partial charge in [0.25, 0.3) is 0 Å². The van der Waals surface area contributed by atoms with Crippen LogP contribution in [0.4, 0.5) is 15.8 Å². The number of thioether (sulfide) groups is 1. The molecule has 1 aromatic heterocycles. The van der Waals surface area contributed by atoms with Crippen LogP contribution >= 0.6 is 11.8 Å². The predicted octanol–water partition coefficient (Wildman–Crippen LogP) is 4.64. The number of nitrogens with one attached hydrogen (secondary N) is 2. The largest absolute Gasteiger partial charge is 0.325 e. The van der Waals surface area contributed by atoms with Crippen LogP contribution in [0.2, 0.25) is 0 Å². The molecular weight excluding hydrogens is 441 g/mol. The predicted molar refractivity (Wildman–Crippen MR) is 129 cm³/mol. The standard InChI is InChI=1S/C24H26FN5O2S/c1-4-13-30-21(14-22(31)27-20-12-8-6-10-18(20)25)28-29-24(30)33-15-23(32)26-19-11-7-5-9-17(19)16(2)3/h4-12,16H,1,13-15H2,2-3H3,(H,26,32)(H,27,31). The molecule has 3 aromatic rings. The number of carbonyl (C=O) groups excluding carboxylic acids is 2. The molecule has 0 saturated carbocycles. The Bertz CT molecular complexity index is 1150. The molecule has 33 heavy (non-hydrogen) atoms. The quantitative estimate of drug-likeness (QED) is 0.335. The number of anilines is 2. The minimum Gasteiger partial charge on any atom is -0.325 e. The van der Waals surface area contributed by atoms with Gasteiger partial charge in [0.1, 0.15) is 11.6 Å². The summed E-state index contributed by atoms with van der Waals surface area (Å²) in [6, 6.07) is 13.6. The molecule has 0 unspecified atom stereocenters. The molecule has 0 aliphatic carbocycles. The maximum absolute atomic E-state index is 13.8. The fourth-order valence-corrected chi connectivity index (χ4v) is 3.97. The molecule has 0 bridgehead atoms. The lowest BCUT2D eigenvalue weighted by Crippen LogP contribution is -2.19. The number of halogens is 1. The Labute approximate surface area is 196 Å². The van der Waals surface area contributed by atoms with Gasteiger partial charge in [-0.2, -0.15) is 0 Å². The van der Waals surface area contributed by atoms with Crippen molar-refractivity contribution in [2.24, 2.45) is 0 Å². The van der Waals surface area contributed by atoms with Crippen molar-refractivity contribution in [3.8, 4) is 0 Å². The molecule has 0 atom stereocenters. The first-order chi connectivity index (χ1) is 15.9. The summed E-state index contributed by atoms with van der Waals surface area (Å²) in [5.74, 6) is -0.291. The molecule has 0 aliphatic rings. The summed E-state index contributed by atoms with van der Waals surface area (Å²) < 4.78 is 15.5. The Morgan fingerprint density at radius 2 is 1.73 bits per heavy atom. The van der Waals surface area contributed by atoms with Crippen molar-refractivity contribution >= 4 is 35.0 Å². The zero-order valence-corrected chi connectivity index (χ0v) is 19.4. The van der Waals surface area contributed by atoms with Crippen LogP contribution < -0.4 is 10.6 Å². The summed E-state index contributed by atoms with van der Waals surface area (Å²) in [4.78, 5) is 24.9. The van der Waals surface area contributed by atoms with Gasteiger partial charge in [0, 0.05) is 12.2 Å². The third kappa shape index (κ3) is 6.52. The van der Waals surface area contributed by atoms with Crippen molar-refractivity contribution in [3.05, 3.63) is 78.4 Å². The maximum atomic E-state index is 13.8. The van der Waals surface area contributed by atoms with Crippen molar-refractivity contribution in [1.29, 1.82) is 0 Å². The highest BCUT2D eigenvalue weighted by atomic mass is 32.2. The van der Waals surface area contributed by atoms with E-state index >= 15 is 0 Å². The molecule has 0 radical (unpaired) electrons. The normalized spacial score (nSPS) is 10.8. The summed E-state index contributed by atoms with van der Waals surface area (Å²) >= 11 is 1.22. The van der Waals surface area contributed by atoms with Gasteiger partial charge in [0.2, 0.25) is 11.8 Å². The lowest BCUT2D eigenvalue weighted by molar-refractivity contribution is -0.116. The molecule has 2 N–H and O–H groups in total. The third-order valence-corrected chi connectivity index (χ3v) is 5.73. The molecule has 0 spiro atoms. The summed E-state index contributed by atoms with van der Waals surface area (Å²) in [6.07, 6.45) is 1.56. The van der Waals surface area contributed by atoms with E-state index in [-0.39, 0.29) is 29.7 Å².